The highest BCUT2D eigenvalue weighted by atomic mass is 16.5. The highest BCUT2D eigenvalue weighted by molar-refractivity contribution is 5.98. The lowest BCUT2D eigenvalue weighted by atomic mass is 9.98. The number of nitrogens with one attached hydrogen (secondary N) is 1. The molecule has 1 aliphatic heterocycles. The molecule has 0 aliphatic carbocycles. The number of benzene rings is 1. The van der Waals surface area contributed by atoms with Gasteiger partial charge in [0, 0.05) is 23.9 Å². The van der Waals surface area contributed by atoms with Gasteiger partial charge in [0.2, 0.25) is 0 Å². The molecule has 0 unspecified atom stereocenters. The minimum absolute atomic E-state index is 0.0599. The van der Waals surface area contributed by atoms with Gasteiger partial charge in [-0.2, -0.15) is 5.10 Å². The van der Waals surface area contributed by atoms with Crippen molar-refractivity contribution in [1.82, 2.24) is 15.1 Å². The van der Waals surface area contributed by atoms with E-state index in [1.807, 2.05) is 31.2 Å². The molecule has 3 rings (SSSR count). The Morgan fingerprint density at radius 2 is 2.11 bits per heavy atom. The molecule has 1 aromatic heterocycles. The van der Waals surface area contributed by atoms with E-state index >= 15 is 0 Å². The number of para-hydroxylation sites is 1. The molecule has 1 aromatic carbocycles. The fourth-order valence-electron chi connectivity index (χ4n) is 2.67. The van der Waals surface area contributed by atoms with Crippen LogP contribution in [0.15, 0.2) is 24.3 Å². The monoisotopic (exact) mass is 257 g/mol. The molecule has 2 heterocycles. The van der Waals surface area contributed by atoms with Crippen LogP contribution >= 0.6 is 0 Å². The van der Waals surface area contributed by atoms with Crippen molar-refractivity contribution < 1.29 is 9.53 Å². The van der Waals surface area contributed by atoms with Crippen LogP contribution in [-0.4, -0.2) is 35.2 Å². The molecule has 2 aromatic rings. The molecule has 1 N–H and O–H groups in total. The fraction of sp³-hybridized carbons (Fsp3) is 0.286. The molecule has 5 heteroatoms. The summed E-state index contributed by atoms with van der Waals surface area (Å²) in [6.07, 6.45) is 0. The summed E-state index contributed by atoms with van der Waals surface area (Å²) < 4.78 is 5.40. The van der Waals surface area contributed by atoms with Gasteiger partial charge in [-0.15, -0.1) is 0 Å². The third kappa shape index (κ3) is 1.54. The van der Waals surface area contributed by atoms with Gasteiger partial charge < -0.3 is 9.64 Å². The number of hydrogen-bond acceptors (Lipinski definition) is 3. The van der Waals surface area contributed by atoms with Crippen molar-refractivity contribution in [2.45, 2.75) is 13.0 Å². The number of carbonyl (C=O) groups is 1. The topological polar surface area (TPSA) is 58.2 Å². The van der Waals surface area contributed by atoms with E-state index in [-0.39, 0.29) is 11.9 Å². The number of amides is 1. The Balaban J connectivity index is 2.20. The van der Waals surface area contributed by atoms with Crippen molar-refractivity contribution in [3.8, 4) is 5.75 Å². The molecule has 0 fully saturated rings. The van der Waals surface area contributed by atoms with E-state index in [1.165, 1.54) is 0 Å². The van der Waals surface area contributed by atoms with Gasteiger partial charge in [-0.25, -0.2) is 0 Å². The van der Waals surface area contributed by atoms with E-state index in [0.717, 1.165) is 22.6 Å². The number of ether oxygens (including phenoxy) is 1. The molecular weight excluding hydrogens is 242 g/mol. The highest BCUT2D eigenvalue weighted by Crippen LogP contribution is 2.41. The third-order valence-electron chi connectivity index (χ3n) is 3.61. The first kappa shape index (κ1) is 11.8. The van der Waals surface area contributed by atoms with Crippen LogP contribution in [0.4, 0.5) is 0 Å². The second-order valence-corrected chi connectivity index (χ2v) is 4.67. The van der Waals surface area contributed by atoms with Crippen LogP contribution in [0.1, 0.15) is 33.4 Å². The van der Waals surface area contributed by atoms with Crippen LogP contribution in [0.3, 0.4) is 0 Å². The molecule has 5 nitrogen and oxygen atoms in total. The lowest BCUT2D eigenvalue weighted by Crippen LogP contribution is -2.25. The predicted molar refractivity (Wildman–Crippen MR) is 70.3 cm³/mol. The maximum Gasteiger partial charge on any atom is 0.275 e. The van der Waals surface area contributed by atoms with Gasteiger partial charge in [0.25, 0.3) is 5.91 Å². The Labute approximate surface area is 111 Å². The minimum Gasteiger partial charge on any atom is -0.496 e. The summed E-state index contributed by atoms with van der Waals surface area (Å²) in [4.78, 5) is 13.9. The van der Waals surface area contributed by atoms with Crippen molar-refractivity contribution in [2.75, 3.05) is 14.2 Å². The molecule has 0 bridgehead atoms. The highest BCUT2D eigenvalue weighted by Gasteiger charge is 2.40. The Kier molecular flexibility index (Phi) is 2.55. The molecule has 1 atom stereocenters. The summed E-state index contributed by atoms with van der Waals surface area (Å²) in [6, 6.07) is 7.61. The van der Waals surface area contributed by atoms with E-state index in [2.05, 4.69) is 10.2 Å². The van der Waals surface area contributed by atoms with Gasteiger partial charge in [0.15, 0.2) is 5.69 Å². The van der Waals surface area contributed by atoms with E-state index in [1.54, 1.807) is 19.1 Å². The Hall–Kier alpha value is -2.30. The Morgan fingerprint density at radius 1 is 1.37 bits per heavy atom. The molecule has 19 heavy (non-hydrogen) atoms. The summed E-state index contributed by atoms with van der Waals surface area (Å²) >= 11 is 0. The largest absolute Gasteiger partial charge is 0.496 e. The van der Waals surface area contributed by atoms with Crippen molar-refractivity contribution in [3.05, 3.63) is 46.8 Å². The number of aromatic nitrogens is 2. The van der Waals surface area contributed by atoms with Crippen molar-refractivity contribution in [2.24, 2.45) is 0 Å². The third-order valence-corrected chi connectivity index (χ3v) is 3.61. The molecule has 0 saturated carbocycles. The zero-order valence-corrected chi connectivity index (χ0v) is 11.1. The van der Waals surface area contributed by atoms with Crippen molar-refractivity contribution in [1.29, 1.82) is 0 Å². The number of rotatable bonds is 2. The normalized spacial score (nSPS) is 17.7. The number of fused-ring (bicyclic) bond motifs is 1. The second kappa shape index (κ2) is 4.12. The van der Waals surface area contributed by atoms with E-state index < -0.39 is 0 Å². The average molecular weight is 257 g/mol. The van der Waals surface area contributed by atoms with Gasteiger partial charge in [-0.3, -0.25) is 9.89 Å². The average Bonchev–Trinajstić information content (AvgIpc) is 2.91. The Morgan fingerprint density at radius 3 is 2.84 bits per heavy atom. The minimum atomic E-state index is -0.141. The van der Waals surface area contributed by atoms with Crippen LogP contribution in [0.25, 0.3) is 0 Å². The van der Waals surface area contributed by atoms with Gasteiger partial charge in [-0.05, 0) is 13.0 Å². The summed E-state index contributed by atoms with van der Waals surface area (Å²) in [5.41, 5.74) is 3.35. The molecule has 1 aliphatic rings. The number of aromatic amines is 1. The van der Waals surface area contributed by atoms with Crippen LogP contribution in [0.5, 0.6) is 5.75 Å². The number of nitrogens with zero attached hydrogens (tertiary/aromatic N) is 2. The first-order valence-corrected chi connectivity index (χ1v) is 6.10. The van der Waals surface area contributed by atoms with Crippen LogP contribution < -0.4 is 4.74 Å². The number of methoxy groups -OCH3 is 1. The maximum absolute atomic E-state index is 12.2. The van der Waals surface area contributed by atoms with Gasteiger partial charge in [0.05, 0.1) is 13.2 Å². The standard InChI is InChI=1S/C14H15N3O2/c1-8-11-12(16-15-8)14(18)17(2)13(11)9-6-4-5-7-10(9)19-3/h4-7,13H,1-3H3,(H,15,16)/t13-/m0/s1. The van der Waals surface area contributed by atoms with Crippen molar-refractivity contribution >= 4 is 5.91 Å². The van der Waals surface area contributed by atoms with E-state index in [9.17, 15) is 4.79 Å². The SMILES string of the molecule is COc1ccccc1[C@H]1c2c(n[nH]c2C)C(=O)N1C. The molecule has 0 radical (unpaired) electrons. The number of hydrogen-bond donors (Lipinski definition) is 1. The summed E-state index contributed by atoms with van der Waals surface area (Å²) in [6.45, 7) is 1.93. The maximum atomic E-state index is 12.2. The summed E-state index contributed by atoms with van der Waals surface area (Å²) in [5.74, 6) is 0.718. The van der Waals surface area contributed by atoms with Gasteiger partial charge >= 0.3 is 0 Å². The Bertz CT molecular complexity index is 648. The van der Waals surface area contributed by atoms with E-state index in [4.69, 9.17) is 4.74 Å². The molecular formula is C14H15N3O2. The number of H-pyrrole nitrogens is 1. The molecule has 0 spiro atoms. The lowest BCUT2D eigenvalue weighted by molar-refractivity contribution is 0.0786. The first-order chi connectivity index (χ1) is 9.15. The fourth-order valence-corrected chi connectivity index (χ4v) is 2.67. The van der Waals surface area contributed by atoms with Crippen LogP contribution in [-0.2, 0) is 0 Å². The predicted octanol–water partition coefficient (Wildman–Crippen LogP) is 1.90. The van der Waals surface area contributed by atoms with Gasteiger partial charge in [0.1, 0.15) is 5.75 Å². The van der Waals surface area contributed by atoms with Crippen LogP contribution in [0, 0.1) is 6.92 Å². The quantitative estimate of drug-likeness (QED) is 0.894. The van der Waals surface area contributed by atoms with E-state index in [0.29, 0.717) is 5.69 Å². The lowest BCUT2D eigenvalue weighted by Gasteiger charge is -2.23. The zero-order valence-electron chi connectivity index (χ0n) is 11.1. The van der Waals surface area contributed by atoms with Crippen LogP contribution in [0.2, 0.25) is 0 Å². The summed E-state index contributed by atoms with van der Waals surface area (Å²) in [7, 11) is 3.43. The number of aryl methyl sites for hydroxylation is 1. The molecule has 1 amide bonds. The zero-order chi connectivity index (χ0) is 13.6. The van der Waals surface area contributed by atoms with Crippen molar-refractivity contribution in [3.63, 3.8) is 0 Å². The first-order valence-electron chi connectivity index (χ1n) is 6.10. The second-order valence-electron chi connectivity index (χ2n) is 4.67. The van der Waals surface area contributed by atoms with Gasteiger partial charge in [-0.1, -0.05) is 18.2 Å². The molecule has 0 saturated heterocycles. The summed E-state index contributed by atoms with van der Waals surface area (Å²) in [5, 5.41) is 6.99. The smallest absolute Gasteiger partial charge is 0.275 e. The molecule has 98 valence electrons. The number of carbonyl (C=O) groups excluding carboxylic acids is 1.